The molecule has 12 nitrogen and oxygen atoms in total. The van der Waals surface area contributed by atoms with Crippen LogP contribution in [0.1, 0.15) is 162 Å². The number of carboxylic acids is 1. The van der Waals surface area contributed by atoms with Crippen LogP contribution in [0.25, 0.3) is 0 Å². The van der Waals surface area contributed by atoms with Crippen molar-refractivity contribution in [1.29, 1.82) is 0 Å². The van der Waals surface area contributed by atoms with Crippen molar-refractivity contribution in [3.05, 3.63) is 134 Å². The number of aliphatic hydroxyl groups is 2. The predicted molar refractivity (Wildman–Crippen MR) is 284 cm³/mol. The Morgan fingerprint density at radius 3 is 1.48 bits per heavy atom. The zero-order valence-electron chi connectivity index (χ0n) is 43.2. The molecule has 0 amide bonds. The van der Waals surface area contributed by atoms with Crippen LogP contribution < -0.4 is 0 Å². The Hall–Kier alpha value is -5.14. The Labute approximate surface area is 426 Å². The molecule has 0 aromatic carbocycles. The summed E-state index contributed by atoms with van der Waals surface area (Å²) in [4.78, 5) is 50.8. The van der Waals surface area contributed by atoms with Crippen LogP contribution in [0.5, 0.6) is 0 Å². The van der Waals surface area contributed by atoms with Crippen LogP contribution in [0.2, 0.25) is 0 Å². The SMILES string of the molecule is CC/C=C\C/C=C\C/C=C\C/C=C\C/C=C\CC(=O)OC1C(OCC(COC(=O)CC/C=C\C/C=C\C/C=C\C/C=C\CC)OC(=O)CCCCCCC/C=C\C/C=C\CCC)OC(C(=O)O)C(O)C1O. The van der Waals surface area contributed by atoms with Gasteiger partial charge < -0.3 is 39.0 Å². The van der Waals surface area contributed by atoms with Crippen LogP contribution in [0, 0.1) is 0 Å². The summed E-state index contributed by atoms with van der Waals surface area (Å²) < 4.78 is 28.0. The first kappa shape index (κ1) is 63.9. The summed E-state index contributed by atoms with van der Waals surface area (Å²) in [7, 11) is 0. The second kappa shape index (κ2) is 46.0. The molecule has 0 aromatic heterocycles. The van der Waals surface area contributed by atoms with Crippen molar-refractivity contribution in [2.75, 3.05) is 13.2 Å². The number of aliphatic hydroxyl groups excluding tert-OH is 2. The Morgan fingerprint density at radius 1 is 0.493 bits per heavy atom. The van der Waals surface area contributed by atoms with E-state index in [0.717, 1.165) is 103 Å². The monoisotopic (exact) mass is 989 g/mol. The Balaban J connectivity index is 2.85. The first-order valence-corrected chi connectivity index (χ1v) is 26.2. The van der Waals surface area contributed by atoms with E-state index in [9.17, 15) is 34.5 Å². The van der Waals surface area contributed by atoms with Gasteiger partial charge in [-0.2, -0.15) is 0 Å². The maximum atomic E-state index is 13.1. The highest BCUT2D eigenvalue weighted by Crippen LogP contribution is 2.26. The highest BCUT2D eigenvalue weighted by atomic mass is 16.7. The molecule has 396 valence electrons. The van der Waals surface area contributed by atoms with Crippen molar-refractivity contribution in [3.63, 3.8) is 0 Å². The molecule has 1 heterocycles. The number of rotatable bonds is 41. The summed E-state index contributed by atoms with van der Waals surface area (Å²) in [6, 6.07) is 0. The van der Waals surface area contributed by atoms with E-state index in [1.807, 2.05) is 24.3 Å². The van der Waals surface area contributed by atoms with Gasteiger partial charge >= 0.3 is 23.9 Å². The summed E-state index contributed by atoms with van der Waals surface area (Å²) in [5.74, 6) is -3.44. The van der Waals surface area contributed by atoms with Crippen molar-refractivity contribution in [2.24, 2.45) is 0 Å². The Kier molecular flexibility index (Phi) is 41.4. The summed E-state index contributed by atoms with van der Waals surface area (Å²) in [6.45, 7) is 5.53. The molecule has 0 aliphatic carbocycles. The minimum Gasteiger partial charge on any atom is -0.479 e. The van der Waals surface area contributed by atoms with Gasteiger partial charge in [-0.05, 0) is 96.3 Å². The lowest BCUT2D eigenvalue weighted by Gasteiger charge is -2.40. The number of esters is 3. The van der Waals surface area contributed by atoms with Gasteiger partial charge in [0.25, 0.3) is 0 Å². The summed E-state index contributed by atoms with van der Waals surface area (Å²) in [5.41, 5.74) is 0. The molecule has 6 unspecified atom stereocenters. The number of aliphatic carboxylic acids is 1. The van der Waals surface area contributed by atoms with Gasteiger partial charge in [0, 0.05) is 12.8 Å². The van der Waals surface area contributed by atoms with Crippen LogP contribution in [0.3, 0.4) is 0 Å². The largest absolute Gasteiger partial charge is 0.479 e. The number of carbonyl (C=O) groups is 4. The number of carboxylic acid groups (broad SMARTS) is 1. The van der Waals surface area contributed by atoms with E-state index >= 15 is 0 Å². The third-order valence-electron chi connectivity index (χ3n) is 10.7. The highest BCUT2D eigenvalue weighted by molar-refractivity contribution is 5.74. The molecule has 6 atom stereocenters. The number of hydrogen-bond donors (Lipinski definition) is 3. The molecule has 1 fully saturated rings. The highest BCUT2D eigenvalue weighted by Gasteiger charge is 2.50. The van der Waals surface area contributed by atoms with E-state index in [2.05, 4.69) is 118 Å². The Bertz CT molecular complexity index is 1740. The van der Waals surface area contributed by atoms with Gasteiger partial charge in [-0.25, -0.2) is 4.79 Å². The third kappa shape index (κ3) is 36.4. The van der Waals surface area contributed by atoms with Gasteiger partial charge in [0.15, 0.2) is 24.6 Å². The number of allylic oxidation sites excluding steroid dienone is 21. The molecule has 1 rings (SSSR count). The van der Waals surface area contributed by atoms with Gasteiger partial charge in [-0.3, -0.25) is 14.4 Å². The number of carbonyl (C=O) groups excluding carboxylic acids is 3. The van der Waals surface area contributed by atoms with Gasteiger partial charge in [0.1, 0.15) is 18.8 Å². The molecule has 0 bridgehead atoms. The molecule has 1 aliphatic rings. The van der Waals surface area contributed by atoms with Gasteiger partial charge in [-0.15, -0.1) is 0 Å². The molecule has 0 spiro atoms. The van der Waals surface area contributed by atoms with E-state index in [0.29, 0.717) is 19.3 Å². The third-order valence-corrected chi connectivity index (χ3v) is 10.7. The fraction of sp³-hybridized carbons (Fsp3) is 0.559. The Morgan fingerprint density at radius 2 is 0.958 bits per heavy atom. The van der Waals surface area contributed by atoms with Gasteiger partial charge in [0.2, 0.25) is 0 Å². The van der Waals surface area contributed by atoms with E-state index in [-0.39, 0.29) is 25.9 Å². The number of unbranched alkanes of at least 4 members (excludes halogenated alkanes) is 6. The fourth-order valence-electron chi connectivity index (χ4n) is 6.79. The lowest BCUT2D eigenvalue weighted by Crippen LogP contribution is -2.61. The van der Waals surface area contributed by atoms with Crippen molar-refractivity contribution < 1.29 is 58.2 Å². The second-order valence-electron chi connectivity index (χ2n) is 17.1. The van der Waals surface area contributed by atoms with Crippen LogP contribution in [-0.2, 0) is 42.9 Å². The van der Waals surface area contributed by atoms with Crippen LogP contribution >= 0.6 is 0 Å². The van der Waals surface area contributed by atoms with Crippen molar-refractivity contribution in [3.8, 4) is 0 Å². The van der Waals surface area contributed by atoms with E-state index in [1.54, 1.807) is 12.2 Å². The molecule has 0 radical (unpaired) electrons. The maximum absolute atomic E-state index is 13.1. The molecular weight excluding hydrogens is 901 g/mol. The number of ether oxygens (including phenoxy) is 5. The zero-order valence-corrected chi connectivity index (χ0v) is 43.2. The minimum absolute atomic E-state index is 0.0770. The second-order valence-corrected chi connectivity index (χ2v) is 17.1. The average molecular weight is 989 g/mol. The van der Waals surface area contributed by atoms with Crippen LogP contribution in [0.15, 0.2) is 134 Å². The fourth-order valence-corrected chi connectivity index (χ4v) is 6.79. The van der Waals surface area contributed by atoms with Crippen molar-refractivity contribution >= 4 is 23.9 Å². The summed E-state index contributed by atoms with van der Waals surface area (Å²) >= 11 is 0. The molecule has 1 saturated heterocycles. The standard InChI is InChI=1S/C59H88O12/c1-4-7-10-13-16-19-22-25-26-29-32-35-38-41-44-47-53(62)70-57-55(64)54(63)56(58(65)66)71-59(57)68-49-50(69-52(61)46-43-40-37-34-31-28-24-21-18-15-12-9-6-3)48-67-51(60)45-42-39-36-33-30-27-23-20-17-14-11-8-5-2/h7-8,10-12,15-17,19-21,24-27,30,32,35-36,39,41,44,50,54-57,59,63-64H,4-6,9,13-14,18,22-23,28-29,31,33-34,37-38,40,42-43,45-49H2,1-3H3,(H,65,66)/b10-7-,11-8-,15-12-,19-16-,20-17-,24-21-,26-25-,30-27-,35-32-,39-36-,44-41-. The smallest absolute Gasteiger partial charge is 0.335 e. The first-order valence-electron chi connectivity index (χ1n) is 26.2. The molecular formula is C59H88O12. The van der Waals surface area contributed by atoms with Crippen LogP contribution in [-0.4, -0.2) is 89.2 Å². The first-order chi connectivity index (χ1) is 34.6. The van der Waals surface area contributed by atoms with E-state index in [1.165, 1.54) is 0 Å². The van der Waals surface area contributed by atoms with Crippen molar-refractivity contribution in [1.82, 2.24) is 0 Å². The maximum Gasteiger partial charge on any atom is 0.335 e. The molecule has 12 heteroatoms. The number of hydrogen-bond acceptors (Lipinski definition) is 11. The minimum atomic E-state index is -1.95. The quantitative estimate of drug-likeness (QED) is 0.0229. The normalized spacial score (nSPS) is 19.6. The average Bonchev–Trinajstić information content (AvgIpc) is 3.35. The van der Waals surface area contributed by atoms with E-state index in [4.69, 9.17) is 23.7 Å². The van der Waals surface area contributed by atoms with E-state index < -0.39 is 67.3 Å². The van der Waals surface area contributed by atoms with Crippen LogP contribution in [0.4, 0.5) is 0 Å². The molecule has 0 saturated carbocycles. The lowest BCUT2D eigenvalue weighted by molar-refractivity contribution is -0.301. The molecule has 0 aromatic rings. The van der Waals surface area contributed by atoms with Gasteiger partial charge in [0.05, 0.1) is 13.0 Å². The van der Waals surface area contributed by atoms with Gasteiger partial charge in [-0.1, -0.05) is 180 Å². The zero-order chi connectivity index (χ0) is 51.8. The topological polar surface area (TPSA) is 175 Å². The summed E-state index contributed by atoms with van der Waals surface area (Å²) in [6.07, 6.45) is 52.0. The molecule has 71 heavy (non-hydrogen) atoms. The predicted octanol–water partition coefficient (Wildman–Crippen LogP) is 12.7. The summed E-state index contributed by atoms with van der Waals surface area (Å²) in [5, 5.41) is 31.3. The molecule has 3 N–H and O–H groups in total. The lowest BCUT2D eigenvalue weighted by atomic mass is 9.98. The van der Waals surface area contributed by atoms with Crippen molar-refractivity contribution in [2.45, 2.75) is 199 Å². The molecule has 1 aliphatic heterocycles.